The minimum absolute atomic E-state index is 0.149. The van der Waals surface area contributed by atoms with Crippen LogP contribution in [-0.4, -0.2) is 12.5 Å². The maximum absolute atomic E-state index is 10.5. The van der Waals surface area contributed by atoms with Gasteiger partial charge in [-0.2, -0.15) is 0 Å². The lowest BCUT2D eigenvalue weighted by molar-refractivity contribution is -0.122. The molecule has 1 N–H and O–H groups in total. The van der Waals surface area contributed by atoms with Gasteiger partial charge in [0.15, 0.2) is 0 Å². The molecule has 45 valence electrons. The molecule has 1 saturated heterocycles. The van der Waals surface area contributed by atoms with E-state index in [9.17, 15) is 4.79 Å². The standard InChI is InChI=1S/C6H10NO/c1-5-2-3-7-6(8)4-5/h5H,1-4H2,(H,7,8). The Kier molecular flexibility index (Phi) is 1.51. The molecule has 1 rings (SSSR count). The van der Waals surface area contributed by atoms with Gasteiger partial charge in [-0.15, -0.1) is 0 Å². The van der Waals surface area contributed by atoms with Crippen LogP contribution in [0.5, 0.6) is 0 Å². The van der Waals surface area contributed by atoms with Crippen molar-refractivity contribution >= 4 is 5.91 Å². The van der Waals surface area contributed by atoms with E-state index in [4.69, 9.17) is 0 Å². The lowest BCUT2D eigenvalue weighted by Crippen LogP contribution is -2.32. The predicted molar refractivity (Wildman–Crippen MR) is 31.1 cm³/mol. The molecule has 2 heteroatoms. The highest BCUT2D eigenvalue weighted by atomic mass is 16.1. The number of rotatable bonds is 0. The Balaban J connectivity index is 2.34. The van der Waals surface area contributed by atoms with Crippen molar-refractivity contribution in [1.82, 2.24) is 5.32 Å². The second-order valence-electron chi connectivity index (χ2n) is 2.21. The molecule has 0 spiro atoms. The van der Waals surface area contributed by atoms with Crippen LogP contribution in [-0.2, 0) is 4.79 Å². The van der Waals surface area contributed by atoms with E-state index in [2.05, 4.69) is 12.2 Å². The third-order valence-corrected chi connectivity index (χ3v) is 1.35. The van der Waals surface area contributed by atoms with Gasteiger partial charge < -0.3 is 5.32 Å². The molecule has 0 saturated carbocycles. The molecular formula is C6H10NO. The van der Waals surface area contributed by atoms with E-state index >= 15 is 0 Å². The molecule has 1 fully saturated rings. The first kappa shape index (κ1) is 5.60. The predicted octanol–water partition coefficient (Wildman–Crippen LogP) is 0.347. The number of hydrogen-bond donors (Lipinski definition) is 1. The lowest BCUT2D eigenvalue weighted by atomic mass is 10.0. The molecule has 0 aliphatic carbocycles. The van der Waals surface area contributed by atoms with Crippen LogP contribution in [0.3, 0.4) is 0 Å². The Morgan fingerprint density at radius 2 is 2.50 bits per heavy atom. The molecule has 1 aliphatic heterocycles. The zero-order chi connectivity index (χ0) is 5.98. The summed E-state index contributed by atoms with van der Waals surface area (Å²) < 4.78 is 0. The van der Waals surface area contributed by atoms with E-state index in [1.807, 2.05) is 0 Å². The topological polar surface area (TPSA) is 29.1 Å². The monoisotopic (exact) mass is 112 g/mol. The molecule has 1 radical (unpaired) electrons. The average molecular weight is 112 g/mol. The van der Waals surface area contributed by atoms with Gasteiger partial charge in [-0.05, 0) is 19.3 Å². The lowest BCUT2D eigenvalue weighted by Gasteiger charge is -2.16. The molecule has 0 aromatic carbocycles. The van der Waals surface area contributed by atoms with Crippen LogP contribution < -0.4 is 5.32 Å². The van der Waals surface area contributed by atoms with Crippen LogP contribution in [0.4, 0.5) is 0 Å². The van der Waals surface area contributed by atoms with Crippen LogP contribution >= 0.6 is 0 Å². The van der Waals surface area contributed by atoms with Crippen molar-refractivity contribution in [2.24, 2.45) is 5.92 Å². The summed E-state index contributed by atoms with van der Waals surface area (Å²) in [6.07, 6.45) is 1.64. The third-order valence-electron chi connectivity index (χ3n) is 1.35. The largest absolute Gasteiger partial charge is 0.356 e. The highest BCUT2D eigenvalue weighted by molar-refractivity contribution is 5.76. The maximum Gasteiger partial charge on any atom is 0.220 e. The van der Waals surface area contributed by atoms with Crippen molar-refractivity contribution in [2.45, 2.75) is 12.8 Å². The zero-order valence-corrected chi connectivity index (χ0v) is 4.81. The van der Waals surface area contributed by atoms with Crippen molar-refractivity contribution < 1.29 is 4.79 Å². The SMILES string of the molecule is [CH2]C1CCNC(=O)C1. The smallest absolute Gasteiger partial charge is 0.220 e. The van der Waals surface area contributed by atoms with E-state index < -0.39 is 0 Å². The van der Waals surface area contributed by atoms with Gasteiger partial charge in [0.1, 0.15) is 0 Å². The summed E-state index contributed by atoms with van der Waals surface area (Å²) in [5.41, 5.74) is 0. The molecule has 1 amide bonds. The second-order valence-corrected chi connectivity index (χ2v) is 2.21. The first-order valence-corrected chi connectivity index (χ1v) is 2.89. The normalized spacial score (nSPS) is 29.6. The first-order chi connectivity index (χ1) is 3.79. The summed E-state index contributed by atoms with van der Waals surface area (Å²) in [6, 6.07) is 0. The van der Waals surface area contributed by atoms with Gasteiger partial charge in [-0.3, -0.25) is 4.79 Å². The number of carbonyl (C=O) groups excluding carboxylic acids is 1. The fourth-order valence-corrected chi connectivity index (χ4v) is 0.852. The van der Waals surface area contributed by atoms with Crippen LogP contribution in [0.1, 0.15) is 12.8 Å². The average Bonchev–Trinajstić information content (AvgIpc) is 1.64. The number of carbonyl (C=O) groups is 1. The third kappa shape index (κ3) is 1.22. The van der Waals surface area contributed by atoms with E-state index in [0.29, 0.717) is 12.3 Å². The highest BCUT2D eigenvalue weighted by Gasteiger charge is 2.13. The summed E-state index contributed by atoms with van der Waals surface area (Å²) in [4.78, 5) is 10.5. The van der Waals surface area contributed by atoms with Crippen molar-refractivity contribution in [3.63, 3.8) is 0 Å². The van der Waals surface area contributed by atoms with Crippen molar-refractivity contribution in [2.75, 3.05) is 6.54 Å². The van der Waals surface area contributed by atoms with Crippen molar-refractivity contribution in [3.05, 3.63) is 6.92 Å². The molecular weight excluding hydrogens is 102 g/mol. The quantitative estimate of drug-likeness (QED) is 0.481. The number of piperidine rings is 1. The molecule has 1 unspecified atom stereocenters. The van der Waals surface area contributed by atoms with E-state index in [-0.39, 0.29) is 5.91 Å². The Morgan fingerprint density at radius 1 is 1.75 bits per heavy atom. The number of nitrogens with one attached hydrogen (secondary N) is 1. The molecule has 1 heterocycles. The maximum atomic E-state index is 10.5. The van der Waals surface area contributed by atoms with Crippen molar-refractivity contribution in [3.8, 4) is 0 Å². The fourth-order valence-electron chi connectivity index (χ4n) is 0.852. The van der Waals surface area contributed by atoms with Crippen LogP contribution in [0.25, 0.3) is 0 Å². The van der Waals surface area contributed by atoms with Gasteiger partial charge in [0, 0.05) is 13.0 Å². The van der Waals surface area contributed by atoms with Crippen LogP contribution in [0, 0.1) is 12.8 Å². The summed E-state index contributed by atoms with van der Waals surface area (Å²) >= 11 is 0. The van der Waals surface area contributed by atoms with E-state index in [0.717, 1.165) is 13.0 Å². The molecule has 0 bridgehead atoms. The molecule has 8 heavy (non-hydrogen) atoms. The zero-order valence-electron chi connectivity index (χ0n) is 4.81. The van der Waals surface area contributed by atoms with Gasteiger partial charge in [0.2, 0.25) is 5.91 Å². The van der Waals surface area contributed by atoms with Gasteiger partial charge in [0.25, 0.3) is 0 Å². The highest BCUT2D eigenvalue weighted by Crippen LogP contribution is 2.08. The Hall–Kier alpha value is -0.530. The number of amides is 1. The number of hydrogen-bond acceptors (Lipinski definition) is 1. The summed E-state index contributed by atoms with van der Waals surface area (Å²) in [5.74, 6) is 0.500. The van der Waals surface area contributed by atoms with E-state index in [1.165, 1.54) is 0 Å². The molecule has 0 aromatic rings. The minimum Gasteiger partial charge on any atom is -0.356 e. The van der Waals surface area contributed by atoms with Gasteiger partial charge in [-0.1, -0.05) is 0 Å². The Bertz CT molecular complexity index is 101. The van der Waals surface area contributed by atoms with Crippen LogP contribution in [0.2, 0.25) is 0 Å². The van der Waals surface area contributed by atoms with Crippen LogP contribution in [0.15, 0.2) is 0 Å². The fraction of sp³-hybridized carbons (Fsp3) is 0.667. The molecule has 1 atom stereocenters. The molecule has 1 aliphatic rings. The molecule has 0 aromatic heterocycles. The molecule has 2 nitrogen and oxygen atoms in total. The minimum atomic E-state index is 0.149. The first-order valence-electron chi connectivity index (χ1n) is 2.89. The van der Waals surface area contributed by atoms with Gasteiger partial charge >= 0.3 is 0 Å². The van der Waals surface area contributed by atoms with E-state index in [1.54, 1.807) is 0 Å². The van der Waals surface area contributed by atoms with Crippen molar-refractivity contribution in [1.29, 1.82) is 0 Å². The van der Waals surface area contributed by atoms with Gasteiger partial charge in [0.05, 0.1) is 0 Å². The Labute approximate surface area is 49.3 Å². The summed E-state index contributed by atoms with van der Waals surface area (Å²) in [7, 11) is 0. The summed E-state index contributed by atoms with van der Waals surface area (Å²) in [6.45, 7) is 4.60. The second kappa shape index (κ2) is 2.16. The summed E-state index contributed by atoms with van der Waals surface area (Å²) in [5, 5.41) is 2.73. The Morgan fingerprint density at radius 3 is 2.88 bits per heavy atom. The van der Waals surface area contributed by atoms with Gasteiger partial charge in [-0.25, -0.2) is 0 Å².